The van der Waals surface area contributed by atoms with Crippen molar-refractivity contribution in [3.05, 3.63) is 53.9 Å². The lowest BCUT2D eigenvalue weighted by molar-refractivity contribution is -0.192. The number of carbonyl (C=O) groups is 1. The van der Waals surface area contributed by atoms with Crippen molar-refractivity contribution in [1.82, 2.24) is 14.9 Å². The van der Waals surface area contributed by atoms with Crippen molar-refractivity contribution < 1.29 is 23.1 Å². The number of nitrogens with zero attached hydrogens (tertiary/aromatic N) is 4. The number of anilines is 1. The van der Waals surface area contributed by atoms with Crippen molar-refractivity contribution in [3.8, 4) is 0 Å². The van der Waals surface area contributed by atoms with Gasteiger partial charge in [0.25, 0.3) is 0 Å². The average molecular weight is 408 g/mol. The third-order valence-corrected chi connectivity index (χ3v) is 5.17. The number of rotatable bonds is 3. The van der Waals surface area contributed by atoms with E-state index < -0.39 is 12.1 Å². The number of aliphatic carboxylic acids is 1. The van der Waals surface area contributed by atoms with Gasteiger partial charge in [-0.25, -0.2) is 14.8 Å². The highest BCUT2D eigenvalue weighted by Crippen LogP contribution is 2.33. The molecule has 0 amide bonds. The highest BCUT2D eigenvalue weighted by Gasteiger charge is 2.40. The zero-order valence-electron chi connectivity index (χ0n) is 16.0. The van der Waals surface area contributed by atoms with Gasteiger partial charge in [0.2, 0.25) is 5.95 Å². The first-order valence-electron chi connectivity index (χ1n) is 9.32. The second kappa shape index (κ2) is 8.77. The molecule has 0 bridgehead atoms. The predicted molar refractivity (Wildman–Crippen MR) is 101 cm³/mol. The van der Waals surface area contributed by atoms with Gasteiger partial charge in [-0.15, -0.1) is 0 Å². The van der Waals surface area contributed by atoms with Crippen LogP contribution < -0.4 is 4.90 Å². The number of aryl methyl sites for hydroxylation is 1. The Kier molecular flexibility index (Phi) is 6.36. The number of benzene rings is 1. The molecule has 4 rings (SSSR count). The number of alkyl halides is 3. The largest absolute Gasteiger partial charge is 0.490 e. The molecule has 2 saturated heterocycles. The summed E-state index contributed by atoms with van der Waals surface area (Å²) in [4.78, 5) is 22.6. The van der Waals surface area contributed by atoms with E-state index in [-0.39, 0.29) is 0 Å². The van der Waals surface area contributed by atoms with E-state index in [0.29, 0.717) is 0 Å². The average Bonchev–Trinajstić information content (AvgIpc) is 3.23. The van der Waals surface area contributed by atoms with E-state index in [0.717, 1.165) is 37.4 Å². The second-order valence-electron chi connectivity index (χ2n) is 7.46. The topological polar surface area (TPSA) is 69.6 Å². The lowest BCUT2D eigenvalue weighted by Crippen LogP contribution is -2.29. The molecule has 9 heteroatoms. The number of likely N-dealkylation sites (tertiary alicyclic amines) is 1. The predicted octanol–water partition coefficient (Wildman–Crippen LogP) is 2.99. The van der Waals surface area contributed by atoms with Crippen molar-refractivity contribution in [3.63, 3.8) is 0 Å². The summed E-state index contributed by atoms with van der Waals surface area (Å²) in [6, 6.07) is 10.8. The van der Waals surface area contributed by atoms with E-state index in [1.54, 1.807) is 0 Å². The molecule has 2 fully saturated rings. The molecular weight excluding hydrogens is 385 g/mol. The first kappa shape index (κ1) is 21.0. The summed E-state index contributed by atoms with van der Waals surface area (Å²) in [6.45, 7) is 7.81. The fraction of sp³-hybridized carbons (Fsp3) is 0.450. The molecule has 0 spiro atoms. The van der Waals surface area contributed by atoms with E-state index in [9.17, 15) is 13.2 Å². The Morgan fingerprint density at radius 2 is 1.59 bits per heavy atom. The van der Waals surface area contributed by atoms with E-state index in [2.05, 4.69) is 51.0 Å². The Bertz CT molecular complexity index is 801. The van der Waals surface area contributed by atoms with E-state index in [1.165, 1.54) is 24.2 Å². The minimum Gasteiger partial charge on any atom is -0.475 e. The molecular formula is C20H23F3N4O2. The molecule has 2 aliphatic heterocycles. The summed E-state index contributed by atoms with van der Waals surface area (Å²) in [6.07, 6.45) is -1.42. The molecule has 1 aromatic heterocycles. The number of halogens is 3. The summed E-state index contributed by atoms with van der Waals surface area (Å²) in [5.74, 6) is -0.349. The van der Waals surface area contributed by atoms with Crippen LogP contribution in [0.2, 0.25) is 0 Å². The number of aromatic nitrogens is 2. The molecule has 0 unspecified atom stereocenters. The maximum absolute atomic E-state index is 10.6. The van der Waals surface area contributed by atoms with Gasteiger partial charge < -0.3 is 10.0 Å². The van der Waals surface area contributed by atoms with Gasteiger partial charge >= 0.3 is 12.1 Å². The van der Waals surface area contributed by atoms with Crippen molar-refractivity contribution in [2.24, 2.45) is 11.8 Å². The van der Waals surface area contributed by atoms with Crippen molar-refractivity contribution in [2.45, 2.75) is 19.6 Å². The van der Waals surface area contributed by atoms with E-state index in [4.69, 9.17) is 9.90 Å². The minimum absolute atomic E-state index is 0.759. The standard InChI is InChI=1S/C18H22N4.C2HF3O2/c1-14-3-5-15(6-4-14)9-21-10-16-12-22(13-17(16)11-21)18-19-7-2-8-20-18;3-2(4,5)1(6)7/h2-8,16-17H,9-13H2,1H3;(H,6,7)/t16-,17+;. The monoisotopic (exact) mass is 408 g/mol. The first-order valence-corrected chi connectivity index (χ1v) is 9.32. The molecule has 3 heterocycles. The van der Waals surface area contributed by atoms with Crippen molar-refractivity contribution >= 4 is 11.9 Å². The van der Waals surface area contributed by atoms with Crippen LogP contribution in [0.1, 0.15) is 11.1 Å². The molecule has 1 aromatic carbocycles. The number of carboxylic acids is 1. The van der Waals surface area contributed by atoms with Gasteiger partial charge in [0.05, 0.1) is 0 Å². The van der Waals surface area contributed by atoms with E-state index >= 15 is 0 Å². The Morgan fingerprint density at radius 3 is 2.07 bits per heavy atom. The van der Waals surface area contributed by atoms with Crippen LogP contribution in [0.25, 0.3) is 0 Å². The van der Waals surface area contributed by atoms with Crippen LogP contribution in [-0.4, -0.2) is 58.3 Å². The Labute approximate surface area is 167 Å². The molecule has 6 nitrogen and oxygen atoms in total. The van der Waals surface area contributed by atoms with Crippen molar-refractivity contribution in [2.75, 3.05) is 31.1 Å². The molecule has 2 atom stereocenters. The SMILES string of the molecule is Cc1ccc(CN2C[C@@H]3CN(c4ncccn4)C[C@@H]3C2)cc1.O=C(O)C(F)(F)F. The van der Waals surface area contributed by atoms with Gasteiger partial charge in [0.15, 0.2) is 0 Å². The van der Waals surface area contributed by atoms with Crippen LogP contribution in [0, 0.1) is 18.8 Å². The summed E-state index contributed by atoms with van der Waals surface area (Å²) in [5.41, 5.74) is 2.76. The van der Waals surface area contributed by atoms with Crippen LogP contribution in [0.5, 0.6) is 0 Å². The molecule has 156 valence electrons. The molecule has 2 aromatic rings. The lowest BCUT2D eigenvalue weighted by atomic mass is 10.0. The molecule has 0 saturated carbocycles. The summed E-state index contributed by atoms with van der Waals surface area (Å²) in [7, 11) is 0. The van der Waals surface area contributed by atoms with Crippen molar-refractivity contribution in [1.29, 1.82) is 0 Å². The van der Waals surface area contributed by atoms with Gasteiger partial charge in [-0.3, -0.25) is 4.90 Å². The van der Waals surface area contributed by atoms with Gasteiger partial charge in [0.1, 0.15) is 0 Å². The van der Waals surface area contributed by atoms with Crippen LogP contribution in [0.3, 0.4) is 0 Å². The number of carboxylic acid groups (broad SMARTS) is 1. The summed E-state index contributed by atoms with van der Waals surface area (Å²) >= 11 is 0. The zero-order valence-corrected chi connectivity index (χ0v) is 16.0. The maximum Gasteiger partial charge on any atom is 0.490 e. The third-order valence-electron chi connectivity index (χ3n) is 5.17. The van der Waals surface area contributed by atoms with Gasteiger partial charge in [-0.1, -0.05) is 29.8 Å². The van der Waals surface area contributed by atoms with Crippen LogP contribution in [0.4, 0.5) is 19.1 Å². The fourth-order valence-corrected chi connectivity index (χ4v) is 3.79. The fourth-order valence-electron chi connectivity index (χ4n) is 3.79. The van der Waals surface area contributed by atoms with Gasteiger partial charge in [-0.05, 0) is 30.4 Å². The van der Waals surface area contributed by atoms with Gasteiger partial charge in [0, 0.05) is 45.1 Å². The maximum atomic E-state index is 10.6. The third kappa shape index (κ3) is 5.66. The van der Waals surface area contributed by atoms with Crippen LogP contribution in [-0.2, 0) is 11.3 Å². The Balaban J connectivity index is 0.000000298. The molecule has 0 aliphatic carbocycles. The van der Waals surface area contributed by atoms with Crippen LogP contribution >= 0.6 is 0 Å². The molecule has 1 N–H and O–H groups in total. The number of fused-ring (bicyclic) bond motifs is 1. The van der Waals surface area contributed by atoms with Gasteiger partial charge in [-0.2, -0.15) is 13.2 Å². The smallest absolute Gasteiger partial charge is 0.475 e. The highest BCUT2D eigenvalue weighted by molar-refractivity contribution is 5.73. The minimum atomic E-state index is -5.08. The van der Waals surface area contributed by atoms with E-state index in [1.807, 2.05) is 18.5 Å². The lowest BCUT2D eigenvalue weighted by Gasteiger charge is -2.21. The highest BCUT2D eigenvalue weighted by atomic mass is 19.4. The Hall–Kier alpha value is -2.68. The summed E-state index contributed by atoms with van der Waals surface area (Å²) < 4.78 is 31.7. The second-order valence-corrected chi connectivity index (χ2v) is 7.46. The quantitative estimate of drug-likeness (QED) is 0.842. The summed E-state index contributed by atoms with van der Waals surface area (Å²) in [5, 5.41) is 7.12. The zero-order chi connectivity index (χ0) is 21.0. The molecule has 2 aliphatic rings. The molecule has 29 heavy (non-hydrogen) atoms. The van der Waals surface area contributed by atoms with Crippen LogP contribution in [0.15, 0.2) is 42.7 Å². The Morgan fingerprint density at radius 1 is 1.07 bits per heavy atom. The number of hydrogen-bond donors (Lipinski definition) is 1. The number of hydrogen-bond acceptors (Lipinski definition) is 5. The normalized spacial score (nSPS) is 21.4. The molecule has 0 radical (unpaired) electrons. The first-order chi connectivity index (χ1) is 13.7.